The Hall–Kier alpha value is -1.29. The van der Waals surface area contributed by atoms with Gasteiger partial charge in [-0.15, -0.1) is 0 Å². The molecule has 1 saturated heterocycles. The maximum atomic E-state index is 2.71. The van der Waals surface area contributed by atoms with E-state index in [0.717, 1.165) is 12.8 Å². The Bertz CT molecular complexity index is 720. The fourth-order valence-electron chi connectivity index (χ4n) is 3.93. The van der Waals surface area contributed by atoms with Gasteiger partial charge in [0.25, 0.3) is 0 Å². The van der Waals surface area contributed by atoms with Gasteiger partial charge in [0.2, 0.25) is 0 Å². The standard InChI is InChI=1S/C21H26N2S/c1-3-16-8-6-9-18-19(23-13-11-22(2)12-14-23)15-17-7-4-5-10-20(17)24-21(16)18/h4-10,19H,3,11-15H2,1-2H3/t19-/m1/s1. The van der Waals surface area contributed by atoms with Crippen LogP contribution in [0.2, 0.25) is 0 Å². The van der Waals surface area contributed by atoms with Crippen LogP contribution in [0.1, 0.15) is 29.7 Å². The number of fused-ring (bicyclic) bond motifs is 2. The van der Waals surface area contributed by atoms with E-state index in [4.69, 9.17) is 0 Å². The molecule has 0 radical (unpaired) electrons. The van der Waals surface area contributed by atoms with Crippen LogP contribution < -0.4 is 0 Å². The van der Waals surface area contributed by atoms with Gasteiger partial charge in [0.1, 0.15) is 0 Å². The third-order valence-electron chi connectivity index (χ3n) is 5.44. The Morgan fingerprint density at radius 2 is 1.79 bits per heavy atom. The summed E-state index contributed by atoms with van der Waals surface area (Å²) in [7, 11) is 2.23. The van der Waals surface area contributed by atoms with Crippen molar-refractivity contribution in [2.24, 2.45) is 0 Å². The zero-order valence-corrected chi connectivity index (χ0v) is 15.5. The van der Waals surface area contributed by atoms with Crippen molar-refractivity contribution in [1.29, 1.82) is 0 Å². The molecule has 0 aromatic heterocycles. The molecule has 0 aliphatic carbocycles. The molecule has 0 N–H and O–H groups in total. The predicted octanol–water partition coefficient (Wildman–Crippen LogP) is 4.24. The molecule has 126 valence electrons. The minimum absolute atomic E-state index is 0.511. The maximum absolute atomic E-state index is 2.71. The van der Waals surface area contributed by atoms with Gasteiger partial charge in [0.15, 0.2) is 0 Å². The Kier molecular flexibility index (Phi) is 4.66. The van der Waals surface area contributed by atoms with Crippen LogP contribution in [0.5, 0.6) is 0 Å². The molecule has 1 atom stereocenters. The monoisotopic (exact) mass is 338 g/mol. The summed E-state index contributed by atoms with van der Waals surface area (Å²) in [6.45, 7) is 6.97. The van der Waals surface area contributed by atoms with E-state index in [2.05, 4.69) is 66.2 Å². The largest absolute Gasteiger partial charge is 0.304 e. The summed E-state index contributed by atoms with van der Waals surface area (Å²) in [6.07, 6.45) is 2.24. The van der Waals surface area contributed by atoms with E-state index in [1.165, 1.54) is 47.1 Å². The molecule has 2 aliphatic rings. The molecule has 2 aliphatic heterocycles. The summed E-state index contributed by atoms with van der Waals surface area (Å²) in [5, 5.41) is 0. The van der Waals surface area contributed by atoms with Crippen LogP contribution in [0, 0.1) is 0 Å². The SMILES string of the molecule is CCc1cccc2c1Sc1ccccc1C[C@H]2N1CCN(C)CC1. The summed E-state index contributed by atoms with van der Waals surface area (Å²) >= 11 is 1.99. The molecule has 2 heterocycles. The van der Waals surface area contributed by atoms with E-state index < -0.39 is 0 Å². The van der Waals surface area contributed by atoms with Crippen molar-refractivity contribution in [3.05, 3.63) is 59.2 Å². The van der Waals surface area contributed by atoms with Gasteiger partial charge >= 0.3 is 0 Å². The first kappa shape index (κ1) is 16.2. The number of hydrogen-bond acceptors (Lipinski definition) is 3. The average Bonchev–Trinajstić information content (AvgIpc) is 2.79. The highest BCUT2D eigenvalue weighted by atomic mass is 32.2. The molecule has 24 heavy (non-hydrogen) atoms. The lowest BCUT2D eigenvalue weighted by Gasteiger charge is -2.38. The van der Waals surface area contributed by atoms with E-state index in [1.54, 1.807) is 5.56 Å². The van der Waals surface area contributed by atoms with Crippen molar-refractivity contribution in [1.82, 2.24) is 9.80 Å². The number of likely N-dealkylation sites (N-methyl/N-ethyl adjacent to an activating group) is 1. The highest BCUT2D eigenvalue weighted by Crippen LogP contribution is 2.44. The first-order valence-electron chi connectivity index (χ1n) is 9.06. The van der Waals surface area contributed by atoms with E-state index >= 15 is 0 Å². The van der Waals surface area contributed by atoms with Crippen LogP contribution in [0.3, 0.4) is 0 Å². The molecule has 0 saturated carbocycles. The average molecular weight is 339 g/mol. The van der Waals surface area contributed by atoms with Gasteiger partial charge in [0.05, 0.1) is 0 Å². The highest BCUT2D eigenvalue weighted by Gasteiger charge is 2.29. The van der Waals surface area contributed by atoms with Gasteiger partial charge in [-0.3, -0.25) is 4.90 Å². The first-order chi connectivity index (χ1) is 11.8. The van der Waals surface area contributed by atoms with Gasteiger partial charge in [-0.05, 0) is 42.6 Å². The van der Waals surface area contributed by atoms with Crippen LogP contribution >= 0.6 is 11.8 Å². The topological polar surface area (TPSA) is 6.48 Å². The van der Waals surface area contributed by atoms with Crippen molar-refractivity contribution in [2.75, 3.05) is 33.2 Å². The molecule has 4 rings (SSSR count). The molecular formula is C21H26N2S. The van der Waals surface area contributed by atoms with Gasteiger partial charge < -0.3 is 4.90 Å². The lowest BCUT2D eigenvalue weighted by atomic mass is 9.95. The Morgan fingerprint density at radius 1 is 1.00 bits per heavy atom. The zero-order valence-electron chi connectivity index (χ0n) is 14.7. The number of benzene rings is 2. The number of piperazine rings is 1. The van der Waals surface area contributed by atoms with Crippen molar-refractivity contribution in [3.8, 4) is 0 Å². The molecule has 2 nitrogen and oxygen atoms in total. The summed E-state index contributed by atoms with van der Waals surface area (Å²) in [6, 6.07) is 16.4. The van der Waals surface area contributed by atoms with Crippen LogP contribution in [0.4, 0.5) is 0 Å². The molecule has 2 aromatic rings. The second kappa shape index (κ2) is 6.91. The minimum Gasteiger partial charge on any atom is -0.304 e. The molecule has 2 aromatic carbocycles. The van der Waals surface area contributed by atoms with Gasteiger partial charge in [0, 0.05) is 42.0 Å². The number of aryl methyl sites for hydroxylation is 1. The summed E-state index contributed by atoms with van der Waals surface area (Å²) < 4.78 is 0. The lowest BCUT2D eigenvalue weighted by molar-refractivity contribution is 0.110. The Labute approximate surface area is 149 Å². The summed E-state index contributed by atoms with van der Waals surface area (Å²) in [4.78, 5) is 8.10. The zero-order chi connectivity index (χ0) is 16.5. The third-order valence-corrected chi connectivity index (χ3v) is 6.76. The van der Waals surface area contributed by atoms with Crippen LogP contribution in [-0.2, 0) is 12.8 Å². The number of rotatable bonds is 2. The normalized spacial score (nSPS) is 21.8. The molecule has 0 amide bonds. The molecule has 0 spiro atoms. The van der Waals surface area contributed by atoms with E-state index in [-0.39, 0.29) is 0 Å². The Morgan fingerprint density at radius 3 is 2.58 bits per heavy atom. The first-order valence-corrected chi connectivity index (χ1v) is 9.88. The fourth-order valence-corrected chi connectivity index (χ4v) is 5.24. The van der Waals surface area contributed by atoms with E-state index in [0.29, 0.717) is 6.04 Å². The molecule has 1 fully saturated rings. The van der Waals surface area contributed by atoms with E-state index in [1.807, 2.05) is 11.8 Å². The van der Waals surface area contributed by atoms with Gasteiger partial charge in [-0.25, -0.2) is 0 Å². The van der Waals surface area contributed by atoms with Crippen LogP contribution in [-0.4, -0.2) is 43.0 Å². The highest BCUT2D eigenvalue weighted by molar-refractivity contribution is 7.99. The second-order valence-corrected chi connectivity index (χ2v) is 8.01. The van der Waals surface area contributed by atoms with Crippen molar-refractivity contribution < 1.29 is 0 Å². The maximum Gasteiger partial charge on any atom is 0.0401 e. The predicted molar refractivity (Wildman–Crippen MR) is 102 cm³/mol. The molecule has 3 heteroatoms. The fraction of sp³-hybridized carbons (Fsp3) is 0.429. The molecule has 0 bridgehead atoms. The van der Waals surface area contributed by atoms with Crippen molar-refractivity contribution in [3.63, 3.8) is 0 Å². The number of nitrogens with zero attached hydrogens (tertiary/aromatic N) is 2. The lowest BCUT2D eigenvalue weighted by Crippen LogP contribution is -2.46. The minimum atomic E-state index is 0.511. The van der Waals surface area contributed by atoms with Crippen molar-refractivity contribution in [2.45, 2.75) is 35.6 Å². The van der Waals surface area contributed by atoms with Crippen molar-refractivity contribution >= 4 is 11.8 Å². The smallest absolute Gasteiger partial charge is 0.0401 e. The van der Waals surface area contributed by atoms with Gasteiger partial charge in [-0.2, -0.15) is 0 Å². The third kappa shape index (κ3) is 3.01. The van der Waals surface area contributed by atoms with Gasteiger partial charge in [-0.1, -0.05) is 55.1 Å². The quantitative estimate of drug-likeness (QED) is 0.808. The van der Waals surface area contributed by atoms with Crippen LogP contribution in [0.15, 0.2) is 52.3 Å². The summed E-state index contributed by atoms with van der Waals surface area (Å²) in [5.41, 5.74) is 4.54. The summed E-state index contributed by atoms with van der Waals surface area (Å²) in [5.74, 6) is 0. The Balaban J connectivity index is 1.79. The van der Waals surface area contributed by atoms with Crippen LogP contribution in [0.25, 0.3) is 0 Å². The molecule has 0 unspecified atom stereocenters. The van der Waals surface area contributed by atoms with E-state index in [9.17, 15) is 0 Å². The second-order valence-electron chi connectivity index (χ2n) is 6.96. The number of hydrogen-bond donors (Lipinski definition) is 0. The molecular weight excluding hydrogens is 312 g/mol.